The minimum absolute atomic E-state index is 0.0439. The molecule has 2 aromatic carbocycles. The molecule has 0 aliphatic heterocycles. The quantitative estimate of drug-likeness (QED) is 0.141. The van der Waals surface area contributed by atoms with Crippen LogP contribution in [0.1, 0.15) is 68.5 Å². The highest BCUT2D eigenvalue weighted by Gasteiger charge is 2.32. The molecule has 2 aromatic heterocycles. The van der Waals surface area contributed by atoms with Crippen LogP contribution in [0.5, 0.6) is 0 Å². The van der Waals surface area contributed by atoms with Crippen LogP contribution in [0.25, 0.3) is 22.4 Å². The normalized spacial score (nSPS) is 14.2. The van der Waals surface area contributed by atoms with Crippen molar-refractivity contribution in [2.75, 3.05) is 13.2 Å². The predicted octanol–water partition coefficient (Wildman–Crippen LogP) is 6.22. The molecular formula is C33H38ClF2N9O3. The summed E-state index contributed by atoms with van der Waals surface area (Å²) in [7, 11) is 1.73. The Labute approximate surface area is 281 Å². The van der Waals surface area contributed by atoms with Gasteiger partial charge in [0.05, 0.1) is 23.5 Å². The van der Waals surface area contributed by atoms with Crippen LogP contribution < -0.4 is 11.1 Å². The average Bonchev–Trinajstić information content (AvgIpc) is 3.50. The smallest absolute Gasteiger partial charge is 0.407 e. The monoisotopic (exact) mass is 681 g/mol. The van der Waals surface area contributed by atoms with Gasteiger partial charge in [-0.05, 0) is 60.1 Å². The standard InChI is InChI=1S/C33H38ClF2N9O3/c1-33(2,3)13-14-38-31(37)45(29(46)21-7-5-20(6-8-21)23-16-39-44(17-23)30(35)36)28(19-48-32(47)40-24-10-11-24)22-9-12-26(34)25(15-22)27-18-43(4)42-41-27/h5-9,12,15-18,24,28,30H,10-11,13-14,19H2,1-4H3,(H2,37,38)(H,40,47)/t28-/m1/s1. The molecule has 0 saturated heterocycles. The number of alkyl carbamates (subject to hydrolysis) is 1. The van der Waals surface area contributed by atoms with Gasteiger partial charge in [0.2, 0.25) is 0 Å². The number of aliphatic imine (C=N–C) groups is 1. The zero-order valence-corrected chi connectivity index (χ0v) is 27.9. The highest BCUT2D eigenvalue weighted by Crippen LogP contribution is 2.33. The van der Waals surface area contributed by atoms with Gasteiger partial charge in [-0.15, -0.1) is 5.10 Å². The molecule has 1 fully saturated rings. The maximum atomic E-state index is 14.4. The Morgan fingerprint density at radius 1 is 1.15 bits per heavy atom. The van der Waals surface area contributed by atoms with Gasteiger partial charge < -0.3 is 15.8 Å². The highest BCUT2D eigenvalue weighted by molar-refractivity contribution is 6.33. The summed E-state index contributed by atoms with van der Waals surface area (Å²) in [4.78, 5) is 33.0. The van der Waals surface area contributed by atoms with Crippen LogP contribution in [-0.4, -0.2) is 66.8 Å². The molecule has 1 aliphatic rings. The van der Waals surface area contributed by atoms with Crippen LogP contribution in [0, 0.1) is 5.41 Å². The number of hydrogen-bond acceptors (Lipinski definition) is 7. The van der Waals surface area contributed by atoms with Crippen LogP contribution in [0.3, 0.4) is 0 Å². The lowest BCUT2D eigenvalue weighted by atomic mass is 9.92. The third-order valence-electron chi connectivity index (χ3n) is 7.70. The van der Waals surface area contributed by atoms with Crippen molar-refractivity contribution in [2.45, 2.75) is 58.7 Å². The van der Waals surface area contributed by atoms with Crippen molar-refractivity contribution in [2.24, 2.45) is 23.2 Å². The first-order valence-corrected chi connectivity index (χ1v) is 15.8. The number of alkyl halides is 2. The Bertz CT molecular complexity index is 1780. The van der Waals surface area contributed by atoms with Crippen LogP contribution >= 0.6 is 11.6 Å². The molecule has 1 saturated carbocycles. The number of benzene rings is 2. The van der Waals surface area contributed by atoms with E-state index in [9.17, 15) is 18.4 Å². The second-order valence-corrected chi connectivity index (χ2v) is 13.2. The van der Waals surface area contributed by atoms with E-state index in [4.69, 9.17) is 22.1 Å². The zero-order chi connectivity index (χ0) is 34.6. The molecule has 12 nitrogen and oxygen atoms in total. The first-order chi connectivity index (χ1) is 22.8. The van der Waals surface area contributed by atoms with Crippen molar-refractivity contribution in [3.05, 3.63) is 77.2 Å². The minimum atomic E-state index is -2.78. The summed E-state index contributed by atoms with van der Waals surface area (Å²) in [6, 6.07) is 10.7. The molecule has 1 aliphatic carbocycles. The lowest BCUT2D eigenvalue weighted by Crippen LogP contribution is -2.46. The zero-order valence-electron chi connectivity index (χ0n) is 27.1. The fraction of sp³-hybridized carbons (Fsp3) is 0.394. The number of nitrogens with two attached hydrogens (primary N) is 1. The maximum Gasteiger partial charge on any atom is 0.407 e. The van der Waals surface area contributed by atoms with Gasteiger partial charge in [0, 0.05) is 42.5 Å². The van der Waals surface area contributed by atoms with E-state index in [2.05, 4.69) is 46.5 Å². The third kappa shape index (κ3) is 8.73. The molecule has 254 valence electrons. The van der Waals surface area contributed by atoms with Crippen molar-refractivity contribution in [3.63, 3.8) is 0 Å². The summed E-state index contributed by atoms with van der Waals surface area (Å²) in [5.74, 6) is -0.590. The van der Waals surface area contributed by atoms with Crippen LogP contribution in [0.2, 0.25) is 5.02 Å². The van der Waals surface area contributed by atoms with E-state index in [1.54, 1.807) is 60.4 Å². The Morgan fingerprint density at radius 3 is 2.48 bits per heavy atom. The van der Waals surface area contributed by atoms with Gasteiger partial charge in [0.25, 0.3) is 5.91 Å². The number of carbonyl (C=O) groups is 2. The number of amides is 2. The van der Waals surface area contributed by atoms with Gasteiger partial charge in [0.15, 0.2) is 5.96 Å². The number of nitrogens with one attached hydrogen (secondary N) is 1. The number of aromatic nitrogens is 5. The van der Waals surface area contributed by atoms with E-state index in [0.29, 0.717) is 50.6 Å². The SMILES string of the molecule is Cn1cc(-c2cc([C@@H](COC(=O)NC3CC3)N(C(=O)c3ccc(-c4cnn(C(F)F)c4)cc3)C(N)=NCCC(C)(C)C)ccc2Cl)nn1. The van der Waals surface area contributed by atoms with E-state index in [-0.39, 0.29) is 29.6 Å². The van der Waals surface area contributed by atoms with Gasteiger partial charge in [-0.1, -0.05) is 55.8 Å². The maximum absolute atomic E-state index is 14.4. The number of halogens is 3. The molecule has 15 heteroatoms. The topological polar surface area (TPSA) is 146 Å². The number of aryl methyl sites for hydroxylation is 1. The third-order valence-corrected chi connectivity index (χ3v) is 8.03. The van der Waals surface area contributed by atoms with E-state index in [1.165, 1.54) is 17.3 Å². The first-order valence-electron chi connectivity index (χ1n) is 15.4. The summed E-state index contributed by atoms with van der Waals surface area (Å²) in [5.41, 5.74) is 9.47. The second-order valence-electron chi connectivity index (χ2n) is 12.8. The molecule has 48 heavy (non-hydrogen) atoms. The lowest BCUT2D eigenvalue weighted by Gasteiger charge is -2.31. The van der Waals surface area contributed by atoms with Crippen molar-refractivity contribution in [1.82, 2.24) is 35.0 Å². The van der Waals surface area contributed by atoms with Gasteiger partial charge in [-0.25, -0.2) is 9.48 Å². The van der Waals surface area contributed by atoms with Crippen LogP contribution in [0.15, 0.2) is 66.0 Å². The molecule has 0 bridgehead atoms. The Morgan fingerprint density at radius 2 is 1.88 bits per heavy atom. The van der Waals surface area contributed by atoms with Gasteiger partial charge in [-0.2, -0.15) is 13.9 Å². The van der Waals surface area contributed by atoms with Gasteiger partial charge in [-0.3, -0.25) is 19.4 Å². The molecule has 0 radical (unpaired) electrons. The van der Waals surface area contributed by atoms with E-state index in [1.807, 2.05) is 0 Å². The number of hydrogen-bond donors (Lipinski definition) is 2. The number of ether oxygens (including phenoxy) is 1. The molecule has 3 N–H and O–H groups in total. The van der Waals surface area contributed by atoms with Crippen molar-refractivity contribution >= 4 is 29.6 Å². The predicted molar refractivity (Wildman–Crippen MR) is 177 cm³/mol. The molecule has 1 atom stereocenters. The number of guanidine groups is 1. The fourth-order valence-corrected chi connectivity index (χ4v) is 5.07. The number of rotatable bonds is 11. The van der Waals surface area contributed by atoms with Crippen molar-refractivity contribution in [1.29, 1.82) is 0 Å². The molecule has 0 unspecified atom stereocenters. The summed E-state index contributed by atoms with van der Waals surface area (Å²) < 4.78 is 34.0. The molecular weight excluding hydrogens is 644 g/mol. The molecule has 2 amide bonds. The van der Waals surface area contributed by atoms with E-state index >= 15 is 0 Å². The first kappa shape index (κ1) is 34.5. The fourth-order valence-electron chi connectivity index (χ4n) is 4.85. The Hall–Kier alpha value is -4.85. The van der Waals surface area contributed by atoms with Gasteiger partial charge in [0.1, 0.15) is 12.3 Å². The van der Waals surface area contributed by atoms with Crippen LogP contribution in [0.4, 0.5) is 13.6 Å². The van der Waals surface area contributed by atoms with Crippen molar-refractivity contribution in [3.8, 4) is 22.4 Å². The second kappa shape index (κ2) is 14.5. The number of carbonyl (C=O) groups excluding carboxylic acids is 2. The minimum Gasteiger partial charge on any atom is -0.447 e. The Kier molecular flexibility index (Phi) is 10.4. The van der Waals surface area contributed by atoms with E-state index < -0.39 is 24.6 Å². The molecule has 4 aromatic rings. The summed E-state index contributed by atoms with van der Waals surface area (Å²) in [6.45, 7) is 3.53. The molecule has 2 heterocycles. The Balaban J connectivity index is 1.54. The summed E-state index contributed by atoms with van der Waals surface area (Å²) in [5, 5.41) is 15.1. The summed E-state index contributed by atoms with van der Waals surface area (Å²) in [6.07, 6.45) is 6.07. The van der Waals surface area contributed by atoms with Gasteiger partial charge >= 0.3 is 12.6 Å². The highest BCUT2D eigenvalue weighted by atomic mass is 35.5. The molecule has 5 rings (SSSR count). The van der Waals surface area contributed by atoms with E-state index in [0.717, 1.165) is 12.8 Å². The van der Waals surface area contributed by atoms with Crippen molar-refractivity contribution < 1.29 is 23.1 Å². The largest absolute Gasteiger partial charge is 0.447 e. The number of nitrogens with zero attached hydrogens (tertiary/aromatic N) is 7. The van der Waals surface area contributed by atoms with Crippen LogP contribution in [-0.2, 0) is 11.8 Å². The summed E-state index contributed by atoms with van der Waals surface area (Å²) >= 11 is 6.58. The average molecular weight is 682 g/mol. The lowest BCUT2D eigenvalue weighted by molar-refractivity contribution is 0.0566. The molecule has 0 spiro atoms.